The lowest BCUT2D eigenvalue weighted by molar-refractivity contribution is -0.398. The molecule has 0 radical (unpaired) electrons. The molecule has 4 aliphatic carbocycles. The molecule has 0 aromatic carbocycles. The van der Waals surface area contributed by atoms with E-state index >= 15 is 0 Å². The van der Waals surface area contributed by atoms with Crippen LogP contribution in [-0.4, -0.2) is 413 Å². The van der Waals surface area contributed by atoms with Gasteiger partial charge < -0.3 is 194 Å². The Morgan fingerprint density at radius 1 is 0.414 bits per heavy atom. The van der Waals surface area contributed by atoms with Crippen molar-refractivity contribution in [1.82, 2.24) is 0 Å². The monoisotopic (exact) mass is 1610 g/mol. The first-order valence-electron chi connectivity index (χ1n) is 38.6. The summed E-state index contributed by atoms with van der Waals surface area (Å²) >= 11 is 0. The van der Waals surface area contributed by atoms with E-state index in [4.69, 9.17) is 66.3 Å². The molecule has 39 heteroatoms. The molecule has 11 aliphatic rings. The Kier molecular flexibility index (Phi) is 28.7. The SMILES string of the molecule is C[C@H](CC[C@@H](O[C@@H]1O[C@H](CO[C@H]2O[C@H](CO[C@H]3O[C@H](CO)[C@@H](O)[C@H](O)[C@H]3O)[C@@H](O)[C@H](O)[C@H]2O)[C@@H](O[C@H]2O[C@H](CO)[C@@H](O)[C@H](O)[C@H]2O)[C@H](O)[C@H]1O[C@@H]1O[C@H](CO)[C@@H](O)[C@H](O)[C@H]1O)C(C)(C)O)C1CC[C@@]2(C)C3CC=C4C(CC[C@H](O[C@@H]5O[C@H](CO[C@H]6O[C@H](CO)[C@@H](O)[C@H](O)[C@H]6O)[C@@H](O)[C@H](O)[C@H]5O)C4(C)C)[C@]3(C)[C@H](O)C[C@]12C. The third kappa shape index (κ3) is 17.0. The second kappa shape index (κ2) is 35.5. The van der Waals surface area contributed by atoms with Crippen molar-refractivity contribution in [2.24, 2.45) is 45.3 Å². The van der Waals surface area contributed by atoms with E-state index in [2.05, 4.69) is 33.8 Å². The number of rotatable bonds is 26. The Bertz CT molecular complexity index is 3010. The second-order valence-electron chi connectivity index (χ2n) is 34.4. The molecule has 45 atom stereocenters. The lowest BCUT2D eigenvalue weighted by Gasteiger charge is -2.67. The van der Waals surface area contributed by atoms with Gasteiger partial charge in [-0.05, 0) is 99.7 Å². The van der Waals surface area contributed by atoms with Gasteiger partial charge >= 0.3 is 0 Å². The molecule has 11 rings (SSSR count). The molecule has 7 heterocycles. The summed E-state index contributed by atoms with van der Waals surface area (Å²) < 4.78 is 84.0. The first-order chi connectivity index (χ1) is 52.0. The Morgan fingerprint density at radius 3 is 1.22 bits per heavy atom. The summed E-state index contributed by atoms with van der Waals surface area (Å²) in [7, 11) is 0. The number of aliphatic hydroxyl groups is 25. The standard InChI is InChI=1S/C72H122O39/c1-25(26-15-16-70(6)36-12-10-27-28(72(36,8)37(77)17-71(26,70)7)11-14-38(68(27,2)3)108-64-55(93)51(89)45(83)34(106-64)23-99-62-53(91)47(85)41(79)30(19-74)102-62)9-13-39(69(4,5)97)109-67-60(111-66-57(95)49(87)43(81)32(21-76)104-66)58(96)59(110-65-56(94)48(86)42(80)31(20-75)103-65)35(107-67)24-100-63-54(92)50(88)44(82)33(105-63)22-98-61-52(90)46(84)40(78)29(18-73)101-61/h10,25-26,28-67,73-97H,9,11-24H2,1-8H3/t25-,26?,28?,29-,30-,31-,32-,33-,34-,35-,36?,37-,38+,39-,40-,41-,42-,43-,44-,45-,46+,47+,48+,49+,50+,51+,52-,53-,54-,55-,56-,57-,58+,59-,60-,61+,62+,63+,64+,65-,66+,67+,70+,71-,72+/m1/s1. The van der Waals surface area contributed by atoms with Crippen LogP contribution < -0.4 is 0 Å². The van der Waals surface area contributed by atoms with Gasteiger partial charge in [-0.3, -0.25) is 0 Å². The lowest BCUT2D eigenvalue weighted by atomic mass is 9.38. The van der Waals surface area contributed by atoms with Crippen LogP contribution in [0.2, 0.25) is 0 Å². The molecule has 3 unspecified atom stereocenters. The van der Waals surface area contributed by atoms with Gasteiger partial charge in [-0.1, -0.05) is 53.2 Å². The zero-order valence-electron chi connectivity index (χ0n) is 63.3. The summed E-state index contributed by atoms with van der Waals surface area (Å²) in [6, 6.07) is 0. The third-order valence-electron chi connectivity index (χ3n) is 27.1. The number of allylic oxidation sites excluding steroid dienone is 1. The molecule has 7 aliphatic heterocycles. The summed E-state index contributed by atoms with van der Waals surface area (Å²) in [5.74, 6) is -0.422. The second-order valence-corrected chi connectivity index (χ2v) is 34.4. The van der Waals surface area contributed by atoms with Crippen molar-refractivity contribution in [3.63, 3.8) is 0 Å². The number of hydrogen-bond acceptors (Lipinski definition) is 39. The highest BCUT2D eigenvalue weighted by molar-refractivity contribution is 5.32. The molecule has 10 fully saturated rings. The molecule has 7 saturated heterocycles. The van der Waals surface area contributed by atoms with Gasteiger partial charge in [-0.25, -0.2) is 0 Å². The molecule has 3 saturated carbocycles. The van der Waals surface area contributed by atoms with E-state index in [0.717, 1.165) is 18.4 Å². The minimum Gasteiger partial charge on any atom is -0.394 e. The van der Waals surface area contributed by atoms with Crippen LogP contribution in [0.25, 0.3) is 0 Å². The fourth-order valence-corrected chi connectivity index (χ4v) is 19.9. The third-order valence-corrected chi connectivity index (χ3v) is 27.1. The van der Waals surface area contributed by atoms with Crippen molar-refractivity contribution in [2.45, 2.75) is 346 Å². The predicted molar refractivity (Wildman–Crippen MR) is 366 cm³/mol. The Labute approximate surface area is 640 Å². The van der Waals surface area contributed by atoms with Crippen molar-refractivity contribution in [1.29, 1.82) is 0 Å². The highest BCUT2D eigenvalue weighted by Gasteiger charge is 2.71. The van der Waals surface area contributed by atoms with Crippen molar-refractivity contribution < 1.29 is 194 Å². The topological polar surface area (TPSA) is 635 Å². The first-order valence-corrected chi connectivity index (χ1v) is 38.6. The van der Waals surface area contributed by atoms with E-state index in [1.807, 2.05) is 13.8 Å². The molecular formula is C72H122O39. The summed E-state index contributed by atoms with van der Waals surface area (Å²) in [6.45, 7) is 9.96. The van der Waals surface area contributed by atoms with Gasteiger partial charge in [0.05, 0.1) is 70.2 Å². The van der Waals surface area contributed by atoms with Gasteiger partial charge in [0.15, 0.2) is 44.0 Å². The van der Waals surface area contributed by atoms with Gasteiger partial charge in [-0.2, -0.15) is 0 Å². The largest absolute Gasteiger partial charge is 0.394 e. The molecule has 0 amide bonds. The molecule has 25 N–H and O–H groups in total. The molecule has 0 bridgehead atoms. The average molecular weight is 1610 g/mol. The van der Waals surface area contributed by atoms with Gasteiger partial charge in [0, 0.05) is 10.8 Å². The van der Waals surface area contributed by atoms with Crippen LogP contribution in [0, 0.1) is 45.3 Å². The van der Waals surface area contributed by atoms with E-state index in [1.165, 1.54) is 13.8 Å². The minimum absolute atomic E-state index is 0.0345. The highest BCUT2D eigenvalue weighted by atomic mass is 16.8. The maximum atomic E-state index is 13.0. The number of hydrogen-bond donors (Lipinski definition) is 25. The predicted octanol–water partition coefficient (Wildman–Crippen LogP) is -9.76. The van der Waals surface area contributed by atoms with Crippen LogP contribution in [0.5, 0.6) is 0 Å². The summed E-state index contributed by atoms with van der Waals surface area (Å²) in [5, 5.41) is 274. The minimum atomic E-state index is -2.22. The molecular weight excluding hydrogens is 1490 g/mol. The van der Waals surface area contributed by atoms with E-state index in [0.29, 0.717) is 32.1 Å². The zero-order chi connectivity index (χ0) is 81.5. The Balaban J connectivity index is 0.816. The first kappa shape index (κ1) is 90.0. The smallest absolute Gasteiger partial charge is 0.187 e. The molecule has 0 aromatic heterocycles. The number of fused-ring (bicyclic) bond motifs is 5. The van der Waals surface area contributed by atoms with Crippen molar-refractivity contribution >= 4 is 0 Å². The molecule has 644 valence electrons. The fourth-order valence-electron chi connectivity index (χ4n) is 19.9. The van der Waals surface area contributed by atoms with Gasteiger partial charge in [0.2, 0.25) is 0 Å². The maximum absolute atomic E-state index is 13.0. The summed E-state index contributed by atoms with van der Waals surface area (Å²) in [6.07, 6.45) is -60.8. The molecule has 111 heavy (non-hydrogen) atoms. The van der Waals surface area contributed by atoms with E-state index in [1.54, 1.807) is 0 Å². The summed E-state index contributed by atoms with van der Waals surface area (Å²) in [4.78, 5) is 0. The van der Waals surface area contributed by atoms with Crippen LogP contribution in [0.4, 0.5) is 0 Å². The van der Waals surface area contributed by atoms with Crippen molar-refractivity contribution in [3.05, 3.63) is 11.6 Å². The normalized spacial score (nSPS) is 52.3. The van der Waals surface area contributed by atoms with Crippen molar-refractivity contribution in [2.75, 3.05) is 46.2 Å². The molecule has 0 spiro atoms. The number of ether oxygens (including phenoxy) is 14. The Morgan fingerprint density at radius 2 is 0.784 bits per heavy atom. The van der Waals surface area contributed by atoms with Crippen LogP contribution in [0.15, 0.2) is 11.6 Å². The van der Waals surface area contributed by atoms with Crippen LogP contribution in [0.1, 0.15) is 107 Å². The number of aliphatic hydroxyl groups excluding tert-OH is 24. The molecule has 0 aromatic rings. The van der Waals surface area contributed by atoms with Crippen molar-refractivity contribution in [3.8, 4) is 0 Å². The lowest BCUT2D eigenvalue weighted by Crippen LogP contribution is -2.67. The van der Waals surface area contributed by atoms with Gasteiger partial charge in [0.25, 0.3) is 0 Å². The van der Waals surface area contributed by atoms with Gasteiger partial charge in [-0.15, -0.1) is 0 Å². The summed E-state index contributed by atoms with van der Waals surface area (Å²) in [5.41, 5.74) is -3.07. The van der Waals surface area contributed by atoms with Crippen LogP contribution >= 0.6 is 0 Å². The van der Waals surface area contributed by atoms with Crippen LogP contribution in [0.3, 0.4) is 0 Å². The fraction of sp³-hybridized carbons (Fsp3) is 0.972. The average Bonchev–Trinajstić information content (AvgIpc) is 1.64. The van der Waals surface area contributed by atoms with E-state index in [-0.39, 0.29) is 35.5 Å². The highest BCUT2D eigenvalue weighted by Crippen LogP contribution is 2.75. The van der Waals surface area contributed by atoms with Crippen LogP contribution in [-0.2, 0) is 66.3 Å². The Hall–Kier alpha value is -1.82. The maximum Gasteiger partial charge on any atom is 0.187 e. The van der Waals surface area contributed by atoms with E-state index < -0.39 is 301 Å². The van der Waals surface area contributed by atoms with Gasteiger partial charge in [0.1, 0.15) is 171 Å². The van der Waals surface area contributed by atoms with E-state index in [9.17, 15) is 128 Å². The zero-order valence-corrected chi connectivity index (χ0v) is 63.3. The molecule has 39 nitrogen and oxygen atoms in total. The quantitative estimate of drug-likeness (QED) is 0.0358.